The van der Waals surface area contributed by atoms with E-state index in [0.717, 1.165) is 0 Å². The van der Waals surface area contributed by atoms with Gasteiger partial charge in [-0.05, 0) is 39.0 Å². The van der Waals surface area contributed by atoms with Crippen molar-refractivity contribution in [2.75, 3.05) is 0 Å². The number of amides is 1. The molecule has 1 aliphatic heterocycles. The lowest BCUT2D eigenvalue weighted by Gasteiger charge is -2.23. The quantitative estimate of drug-likeness (QED) is 0.811. The van der Waals surface area contributed by atoms with Crippen LogP contribution in [-0.4, -0.2) is 18.2 Å². The van der Waals surface area contributed by atoms with E-state index in [-0.39, 0.29) is 24.2 Å². The van der Waals surface area contributed by atoms with Gasteiger partial charge in [-0.2, -0.15) is 0 Å². The summed E-state index contributed by atoms with van der Waals surface area (Å²) in [5.74, 6) is 0.653. The molecule has 0 aromatic carbocycles. The smallest absolute Gasteiger partial charge is 0.407 e. The summed E-state index contributed by atoms with van der Waals surface area (Å²) in [5, 5.41) is 2.86. The van der Waals surface area contributed by atoms with Crippen LogP contribution in [0.25, 0.3) is 0 Å². The number of cyclic esters (lactones) is 1. The number of hydrogen-bond donors (Lipinski definition) is 1. The second kappa shape index (κ2) is 5.18. The number of rotatable bonds is 3. The van der Waals surface area contributed by atoms with Crippen LogP contribution in [0, 0.1) is 11.8 Å². The van der Waals surface area contributed by atoms with Gasteiger partial charge in [0.15, 0.2) is 0 Å². The molecule has 3 nitrogen and oxygen atoms in total. The molecule has 0 aliphatic carbocycles. The van der Waals surface area contributed by atoms with Gasteiger partial charge in [-0.25, -0.2) is 4.79 Å². The molecule has 86 valence electrons. The maximum absolute atomic E-state index is 11.2. The van der Waals surface area contributed by atoms with Crippen LogP contribution in [0.2, 0.25) is 0 Å². The number of carbonyl (C=O) groups is 1. The molecule has 0 unspecified atom stereocenters. The van der Waals surface area contributed by atoms with E-state index in [9.17, 15) is 4.79 Å². The van der Waals surface area contributed by atoms with Crippen molar-refractivity contribution in [3.8, 4) is 0 Å². The van der Waals surface area contributed by atoms with Gasteiger partial charge in [0, 0.05) is 5.92 Å². The second-order valence-corrected chi connectivity index (χ2v) is 6.10. The van der Waals surface area contributed by atoms with Crippen LogP contribution >= 0.6 is 22.6 Å². The third kappa shape index (κ3) is 3.36. The van der Waals surface area contributed by atoms with Crippen LogP contribution in [0.4, 0.5) is 4.79 Å². The molecule has 0 spiro atoms. The molecule has 0 saturated carbocycles. The number of hydrogen-bond acceptors (Lipinski definition) is 2. The highest BCUT2D eigenvalue weighted by Crippen LogP contribution is 2.25. The first-order valence-electron chi connectivity index (χ1n) is 5.23. The van der Waals surface area contributed by atoms with Gasteiger partial charge in [-0.15, -0.1) is 0 Å². The average Bonchev–Trinajstić information content (AvgIpc) is 2.46. The highest BCUT2D eigenvalue weighted by molar-refractivity contribution is 14.1. The van der Waals surface area contributed by atoms with E-state index >= 15 is 0 Å². The number of nitrogens with one attached hydrogen (secondary N) is 1. The van der Waals surface area contributed by atoms with Gasteiger partial charge in [0.2, 0.25) is 0 Å². The summed E-state index contributed by atoms with van der Waals surface area (Å²) in [7, 11) is 0. The van der Waals surface area contributed by atoms with Crippen molar-refractivity contribution in [3.63, 3.8) is 0 Å². The minimum absolute atomic E-state index is 0.0396. The first-order chi connectivity index (χ1) is 6.91. The van der Waals surface area contributed by atoms with Crippen molar-refractivity contribution < 1.29 is 9.53 Å². The Bertz CT molecular complexity index is 272. The van der Waals surface area contributed by atoms with Crippen molar-refractivity contribution >= 4 is 28.7 Å². The van der Waals surface area contributed by atoms with Crippen LogP contribution in [-0.2, 0) is 4.74 Å². The van der Waals surface area contributed by atoms with Gasteiger partial charge in [0.25, 0.3) is 0 Å². The number of ether oxygens (including phenoxy) is 1. The van der Waals surface area contributed by atoms with Gasteiger partial charge in [-0.1, -0.05) is 26.8 Å². The van der Waals surface area contributed by atoms with Crippen LogP contribution in [0.5, 0.6) is 0 Å². The third-order valence-electron chi connectivity index (χ3n) is 2.61. The van der Waals surface area contributed by atoms with Crippen molar-refractivity contribution in [1.29, 1.82) is 0 Å². The summed E-state index contributed by atoms with van der Waals surface area (Å²) in [6.07, 6.45) is 1.81. The van der Waals surface area contributed by atoms with Crippen LogP contribution in [0.15, 0.2) is 9.66 Å². The standard InChI is InChI=1S/C11H18INO2/c1-6(2)9-10(15-11(14)13-9)7(3)5-8(4)12/h5-7,9-10H,1-4H3,(H,13,14)/b8-5+/t7-,9+,10-/m1/s1. The topological polar surface area (TPSA) is 38.3 Å². The van der Waals surface area contributed by atoms with Gasteiger partial charge < -0.3 is 10.1 Å². The van der Waals surface area contributed by atoms with Crippen LogP contribution in [0.1, 0.15) is 27.7 Å². The zero-order valence-electron chi connectivity index (χ0n) is 9.58. The molecule has 3 atom stereocenters. The van der Waals surface area contributed by atoms with Gasteiger partial charge >= 0.3 is 6.09 Å². The SMILES string of the molecule is C/C(I)=C\[C@@H](C)[C@H]1OC(=O)N[C@H]1C(C)C. The zero-order chi connectivity index (χ0) is 11.6. The number of halogens is 1. The van der Waals surface area contributed by atoms with E-state index in [1.165, 1.54) is 3.58 Å². The Morgan fingerprint density at radius 1 is 1.53 bits per heavy atom. The summed E-state index contributed by atoms with van der Waals surface area (Å²) in [6.45, 7) is 8.33. The lowest BCUT2D eigenvalue weighted by atomic mass is 9.91. The third-order valence-corrected chi connectivity index (χ3v) is 2.97. The molecular formula is C11H18INO2. The largest absolute Gasteiger partial charge is 0.443 e. The molecule has 15 heavy (non-hydrogen) atoms. The predicted octanol–water partition coefficient (Wildman–Crippen LogP) is 3.09. The Kier molecular flexibility index (Phi) is 4.43. The van der Waals surface area contributed by atoms with Crippen LogP contribution < -0.4 is 5.32 Å². The Labute approximate surface area is 105 Å². The van der Waals surface area contributed by atoms with Gasteiger partial charge in [-0.3, -0.25) is 0 Å². The van der Waals surface area contributed by atoms with E-state index in [4.69, 9.17) is 4.74 Å². The summed E-state index contributed by atoms with van der Waals surface area (Å²) in [4.78, 5) is 11.2. The van der Waals surface area contributed by atoms with Gasteiger partial charge in [0.1, 0.15) is 6.10 Å². The number of carbonyl (C=O) groups excluding carboxylic acids is 1. The Morgan fingerprint density at radius 3 is 2.60 bits per heavy atom. The minimum Gasteiger partial charge on any atom is -0.443 e. The Morgan fingerprint density at radius 2 is 2.13 bits per heavy atom. The molecule has 1 saturated heterocycles. The Hall–Kier alpha value is -0.260. The Balaban J connectivity index is 2.75. The predicted molar refractivity (Wildman–Crippen MR) is 69.0 cm³/mol. The van der Waals surface area contributed by atoms with E-state index in [1.54, 1.807) is 0 Å². The van der Waals surface area contributed by atoms with E-state index < -0.39 is 0 Å². The van der Waals surface area contributed by atoms with Crippen molar-refractivity contribution in [1.82, 2.24) is 5.32 Å². The molecule has 1 aliphatic rings. The fourth-order valence-corrected chi connectivity index (χ4v) is 2.45. The minimum atomic E-state index is -0.287. The van der Waals surface area contributed by atoms with Crippen molar-refractivity contribution in [3.05, 3.63) is 9.66 Å². The van der Waals surface area contributed by atoms with Gasteiger partial charge in [0.05, 0.1) is 6.04 Å². The second-order valence-electron chi connectivity index (χ2n) is 4.40. The zero-order valence-corrected chi connectivity index (χ0v) is 11.7. The molecule has 1 fully saturated rings. The van der Waals surface area contributed by atoms with Crippen molar-refractivity contribution in [2.24, 2.45) is 11.8 Å². The molecule has 1 rings (SSSR count). The highest BCUT2D eigenvalue weighted by Gasteiger charge is 2.38. The molecule has 1 heterocycles. The molecule has 1 N–H and O–H groups in total. The highest BCUT2D eigenvalue weighted by atomic mass is 127. The van der Waals surface area contributed by atoms with E-state index in [0.29, 0.717) is 5.92 Å². The molecule has 1 amide bonds. The average molecular weight is 323 g/mol. The molecule has 0 aromatic heterocycles. The summed E-state index contributed by atoms with van der Waals surface area (Å²) in [6, 6.07) is 0.125. The normalized spacial score (nSPS) is 28.9. The first-order valence-corrected chi connectivity index (χ1v) is 6.30. The fraction of sp³-hybridized carbons (Fsp3) is 0.727. The summed E-state index contributed by atoms with van der Waals surface area (Å²) < 4.78 is 6.53. The fourth-order valence-electron chi connectivity index (χ4n) is 1.89. The molecular weight excluding hydrogens is 305 g/mol. The summed E-state index contributed by atoms with van der Waals surface area (Å²) >= 11 is 2.27. The van der Waals surface area contributed by atoms with E-state index in [1.807, 2.05) is 6.92 Å². The monoisotopic (exact) mass is 323 g/mol. The molecule has 0 radical (unpaired) electrons. The van der Waals surface area contributed by atoms with Crippen molar-refractivity contribution in [2.45, 2.75) is 39.8 Å². The summed E-state index contributed by atoms with van der Waals surface area (Å²) in [5.41, 5.74) is 0. The van der Waals surface area contributed by atoms with Crippen LogP contribution in [0.3, 0.4) is 0 Å². The number of allylic oxidation sites excluding steroid dienone is 1. The lowest BCUT2D eigenvalue weighted by Crippen LogP contribution is -2.39. The number of alkyl carbamates (subject to hydrolysis) is 1. The van der Waals surface area contributed by atoms with E-state index in [2.05, 4.69) is 54.8 Å². The molecule has 4 heteroatoms. The maximum atomic E-state index is 11.2. The molecule has 0 aromatic rings. The first kappa shape index (κ1) is 12.8. The maximum Gasteiger partial charge on any atom is 0.407 e. The molecule has 0 bridgehead atoms. The lowest BCUT2D eigenvalue weighted by molar-refractivity contribution is 0.102.